The Kier molecular flexibility index (Phi) is 4.66. The van der Waals surface area contributed by atoms with Gasteiger partial charge in [-0.1, -0.05) is 0 Å². The lowest BCUT2D eigenvalue weighted by Crippen LogP contribution is -2.16. The van der Waals surface area contributed by atoms with Crippen molar-refractivity contribution in [2.75, 3.05) is 0 Å². The smallest absolute Gasteiger partial charge is 0.272 e. The summed E-state index contributed by atoms with van der Waals surface area (Å²) in [6, 6.07) is 11.9. The van der Waals surface area contributed by atoms with Crippen molar-refractivity contribution in [3.63, 3.8) is 0 Å². The molecule has 0 aliphatic heterocycles. The molecule has 8 heteroatoms. The van der Waals surface area contributed by atoms with Gasteiger partial charge in [0.25, 0.3) is 12.0 Å². The van der Waals surface area contributed by atoms with Gasteiger partial charge in [-0.25, -0.2) is 13.8 Å². The number of halogens is 2. The molecule has 5 nitrogen and oxygen atoms in total. The maximum absolute atomic E-state index is 12.7. The largest absolute Gasteiger partial charge is 0.488 e. The number of ether oxygens (including phenoxy) is 1. The van der Waals surface area contributed by atoms with E-state index < -0.39 is 6.43 Å². The first-order valence-electron chi connectivity index (χ1n) is 9.68. The highest BCUT2D eigenvalue weighted by molar-refractivity contribution is 7.12. The number of fused-ring (bicyclic) bond motifs is 1. The second-order valence-electron chi connectivity index (χ2n) is 7.44. The van der Waals surface area contributed by atoms with Crippen molar-refractivity contribution < 1.29 is 13.5 Å². The zero-order valence-electron chi connectivity index (χ0n) is 16.2. The van der Waals surface area contributed by atoms with E-state index in [2.05, 4.69) is 4.57 Å². The van der Waals surface area contributed by atoms with Crippen LogP contribution in [0.2, 0.25) is 0 Å². The fraction of sp³-hybridized carbons (Fsp3) is 0.273. The zero-order chi connectivity index (χ0) is 20.8. The third kappa shape index (κ3) is 3.52. The minimum absolute atomic E-state index is 0.0133. The van der Waals surface area contributed by atoms with Gasteiger partial charge in [-0.2, -0.15) is 0 Å². The highest BCUT2D eigenvalue weighted by atomic mass is 32.1. The normalized spacial score (nSPS) is 14.0. The van der Waals surface area contributed by atoms with E-state index in [1.807, 2.05) is 25.2 Å². The predicted molar refractivity (Wildman–Crippen MR) is 112 cm³/mol. The molecule has 3 aromatic heterocycles. The Balaban J connectivity index is 1.37. The monoisotopic (exact) mass is 427 g/mol. The zero-order valence-corrected chi connectivity index (χ0v) is 17.0. The van der Waals surface area contributed by atoms with Crippen molar-refractivity contribution in [3.05, 3.63) is 74.6 Å². The molecule has 1 aromatic carbocycles. The Morgan fingerprint density at radius 1 is 1.20 bits per heavy atom. The summed E-state index contributed by atoms with van der Waals surface area (Å²) < 4.78 is 34.7. The molecule has 0 unspecified atom stereocenters. The van der Waals surface area contributed by atoms with Crippen molar-refractivity contribution in [2.45, 2.75) is 31.8 Å². The van der Waals surface area contributed by atoms with Crippen molar-refractivity contribution in [2.24, 2.45) is 7.05 Å². The molecule has 3 heterocycles. The van der Waals surface area contributed by atoms with Crippen molar-refractivity contribution >= 4 is 22.4 Å². The number of thiophene rings is 1. The van der Waals surface area contributed by atoms with Crippen LogP contribution < -0.4 is 10.3 Å². The molecule has 0 saturated heterocycles. The van der Waals surface area contributed by atoms with E-state index in [1.54, 1.807) is 22.9 Å². The van der Waals surface area contributed by atoms with Gasteiger partial charge in [0, 0.05) is 30.1 Å². The lowest BCUT2D eigenvalue weighted by atomic mass is 10.2. The van der Waals surface area contributed by atoms with Gasteiger partial charge in [-0.05, 0) is 49.2 Å². The van der Waals surface area contributed by atoms with Gasteiger partial charge in [-0.3, -0.25) is 9.36 Å². The Labute approximate surface area is 175 Å². The fourth-order valence-electron chi connectivity index (χ4n) is 3.56. The van der Waals surface area contributed by atoms with Crippen LogP contribution in [0.1, 0.15) is 40.8 Å². The quantitative estimate of drug-likeness (QED) is 0.426. The maximum atomic E-state index is 12.7. The standard InChI is InChI=1S/C22H19F2N3O2S/c1-26-18-10-14(4-6-17(18)25-22(26)13-2-3-13)27-9-8-15(11-20(27)28)29-12-16-5-7-19(30-16)21(23)24/h4-11,13,21H,2-3,12H2,1H3. The highest BCUT2D eigenvalue weighted by Gasteiger charge is 2.28. The molecule has 0 bridgehead atoms. The lowest BCUT2D eigenvalue weighted by Gasteiger charge is -2.09. The highest BCUT2D eigenvalue weighted by Crippen LogP contribution is 2.40. The molecule has 1 aliphatic rings. The second kappa shape index (κ2) is 7.36. The summed E-state index contributed by atoms with van der Waals surface area (Å²) in [4.78, 5) is 18.1. The summed E-state index contributed by atoms with van der Waals surface area (Å²) in [5, 5.41) is 0. The summed E-state index contributed by atoms with van der Waals surface area (Å²) in [6.07, 6.45) is 1.54. The first-order valence-corrected chi connectivity index (χ1v) is 10.5. The second-order valence-corrected chi connectivity index (χ2v) is 8.64. The van der Waals surface area contributed by atoms with Crippen LogP contribution in [0.25, 0.3) is 16.7 Å². The Hall–Kier alpha value is -3.00. The minimum atomic E-state index is -2.48. The summed E-state index contributed by atoms with van der Waals surface area (Å²) in [5.41, 5.74) is 2.45. The lowest BCUT2D eigenvalue weighted by molar-refractivity contribution is 0.155. The van der Waals surface area contributed by atoms with Gasteiger partial charge in [0.1, 0.15) is 18.2 Å². The minimum Gasteiger partial charge on any atom is -0.488 e. The number of pyridine rings is 1. The molecular weight excluding hydrogens is 408 g/mol. The molecule has 0 amide bonds. The van der Waals surface area contributed by atoms with Crippen LogP contribution in [-0.2, 0) is 13.7 Å². The number of hydrogen-bond donors (Lipinski definition) is 0. The van der Waals surface area contributed by atoms with Crippen LogP contribution >= 0.6 is 11.3 Å². The average Bonchev–Trinajstić information content (AvgIpc) is 3.36. The number of alkyl halides is 2. The topological polar surface area (TPSA) is 49.0 Å². The first-order chi connectivity index (χ1) is 14.5. The Bertz CT molecular complexity index is 1290. The number of imidazole rings is 1. The number of hydrogen-bond acceptors (Lipinski definition) is 4. The molecule has 30 heavy (non-hydrogen) atoms. The molecule has 5 rings (SSSR count). The van der Waals surface area contributed by atoms with Gasteiger partial charge in [0.2, 0.25) is 0 Å². The third-order valence-corrected chi connectivity index (χ3v) is 6.36. The van der Waals surface area contributed by atoms with Crippen molar-refractivity contribution in [3.8, 4) is 11.4 Å². The van der Waals surface area contributed by atoms with E-state index in [0.717, 1.165) is 33.9 Å². The number of aromatic nitrogens is 3. The molecule has 1 aliphatic carbocycles. The summed E-state index contributed by atoms with van der Waals surface area (Å²) in [5.74, 6) is 2.05. The van der Waals surface area contributed by atoms with Gasteiger partial charge in [0.15, 0.2) is 0 Å². The Morgan fingerprint density at radius 3 is 2.73 bits per heavy atom. The van der Waals surface area contributed by atoms with E-state index in [0.29, 0.717) is 16.5 Å². The fourth-order valence-corrected chi connectivity index (χ4v) is 4.34. The van der Waals surface area contributed by atoms with Crippen LogP contribution in [0.3, 0.4) is 0 Å². The van der Waals surface area contributed by atoms with E-state index in [-0.39, 0.29) is 17.0 Å². The van der Waals surface area contributed by atoms with Crippen molar-refractivity contribution in [1.29, 1.82) is 0 Å². The molecular formula is C22H19F2N3O2S. The van der Waals surface area contributed by atoms with E-state index >= 15 is 0 Å². The molecule has 1 saturated carbocycles. The number of nitrogens with zero attached hydrogens (tertiary/aromatic N) is 3. The van der Waals surface area contributed by atoms with Crippen LogP contribution in [-0.4, -0.2) is 14.1 Å². The van der Waals surface area contributed by atoms with Crippen LogP contribution in [0.5, 0.6) is 5.75 Å². The van der Waals surface area contributed by atoms with Crippen LogP contribution in [0.15, 0.2) is 53.5 Å². The molecule has 0 radical (unpaired) electrons. The van der Waals surface area contributed by atoms with Crippen LogP contribution in [0, 0.1) is 0 Å². The Morgan fingerprint density at radius 2 is 2.03 bits per heavy atom. The van der Waals surface area contributed by atoms with E-state index in [1.165, 1.54) is 25.0 Å². The van der Waals surface area contributed by atoms with Gasteiger partial charge < -0.3 is 9.30 Å². The number of benzene rings is 1. The SMILES string of the molecule is Cn1c(C2CC2)nc2ccc(-n3ccc(OCc4ccc(C(F)F)s4)cc3=O)cc21. The molecule has 1 fully saturated rings. The molecule has 0 spiro atoms. The molecule has 0 N–H and O–H groups in total. The summed E-state index contributed by atoms with van der Waals surface area (Å²) in [7, 11) is 2.01. The van der Waals surface area contributed by atoms with Gasteiger partial charge in [-0.15, -0.1) is 11.3 Å². The molecule has 4 aromatic rings. The summed E-state index contributed by atoms with van der Waals surface area (Å²) in [6.45, 7) is 0.145. The number of aryl methyl sites for hydroxylation is 1. The van der Waals surface area contributed by atoms with E-state index in [9.17, 15) is 13.6 Å². The van der Waals surface area contributed by atoms with Crippen LogP contribution in [0.4, 0.5) is 8.78 Å². The first kappa shape index (κ1) is 19.0. The average molecular weight is 427 g/mol. The predicted octanol–water partition coefficient (Wildman–Crippen LogP) is 5.18. The summed E-state index contributed by atoms with van der Waals surface area (Å²) >= 11 is 1.01. The number of rotatable bonds is 6. The third-order valence-electron chi connectivity index (χ3n) is 5.29. The maximum Gasteiger partial charge on any atom is 0.272 e. The molecule has 154 valence electrons. The van der Waals surface area contributed by atoms with Gasteiger partial charge in [0.05, 0.1) is 21.6 Å². The molecule has 0 atom stereocenters. The van der Waals surface area contributed by atoms with Gasteiger partial charge >= 0.3 is 0 Å². The van der Waals surface area contributed by atoms with E-state index in [4.69, 9.17) is 9.72 Å². The van der Waals surface area contributed by atoms with Crippen molar-refractivity contribution in [1.82, 2.24) is 14.1 Å².